The molecule has 1 N–H and O–H groups in total. The van der Waals surface area contributed by atoms with Crippen molar-refractivity contribution in [2.75, 3.05) is 91.8 Å². The van der Waals surface area contributed by atoms with E-state index in [1.165, 1.54) is 11.1 Å². The highest BCUT2D eigenvalue weighted by Gasteiger charge is 2.37. The number of aromatic nitrogens is 4. The number of anilines is 4. The number of hydrogen-bond acceptors (Lipinski definition) is 12. The molecule has 53 heavy (non-hydrogen) atoms. The second-order valence-electron chi connectivity index (χ2n) is 16.6. The number of hydrogen-bond donors (Lipinski definition) is 1. The summed E-state index contributed by atoms with van der Waals surface area (Å²) in [5.74, 6) is 1.08. The summed E-state index contributed by atoms with van der Waals surface area (Å²) in [7, 11) is 0. The maximum absolute atomic E-state index is 13.0. The summed E-state index contributed by atoms with van der Waals surface area (Å²) in [5, 5.41) is 10.6. The Balaban J connectivity index is 1.25. The van der Waals surface area contributed by atoms with Crippen molar-refractivity contribution in [1.82, 2.24) is 19.9 Å². The van der Waals surface area contributed by atoms with Crippen LogP contribution in [0.25, 0.3) is 11.1 Å². The molecular formula is C40H56N8O5. The fraction of sp³-hybridized carbons (Fsp3) is 0.625. The first-order valence-electron chi connectivity index (χ1n) is 19.2. The number of pyridine rings is 1. The van der Waals surface area contributed by atoms with Crippen molar-refractivity contribution >= 4 is 29.5 Å². The molecule has 0 aliphatic carbocycles. The van der Waals surface area contributed by atoms with Crippen molar-refractivity contribution < 1.29 is 24.1 Å². The second-order valence-corrected chi connectivity index (χ2v) is 16.6. The van der Waals surface area contributed by atoms with Crippen LogP contribution in [0.15, 0.2) is 18.2 Å². The molecule has 13 nitrogen and oxygen atoms in total. The SMILES string of the molecule is Cc1nc(C)c([C@H](OC(C)(C)C)C(=O)O)c(N2CCC(C)(C)CC2)c1-c1ccc2c(c1)CCN(c1nc(N3CCOCC3)nc(N3CCOCC3)n1)C2. The van der Waals surface area contributed by atoms with Crippen molar-refractivity contribution in [2.45, 2.75) is 86.0 Å². The number of benzene rings is 1. The average molecular weight is 729 g/mol. The van der Waals surface area contributed by atoms with E-state index in [0.717, 1.165) is 87.6 Å². The van der Waals surface area contributed by atoms with Crippen molar-refractivity contribution in [3.05, 3.63) is 46.3 Å². The summed E-state index contributed by atoms with van der Waals surface area (Å²) < 4.78 is 17.5. The van der Waals surface area contributed by atoms with E-state index in [1.807, 2.05) is 34.6 Å². The van der Waals surface area contributed by atoms with Crippen LogP contribution >= 0.6 is 0 Å². The molecule has 0 unspecified atom stereocenters. The number of carbonyl (C=O) groups is 1. The molecule has 0 amide bonds. The molecule has 3 aromatic rings. The highest BCUT2D eigenvalue weighted by Crippen LogP contribution is 2.45. The Morgan fingerprint density at radius 1 is 0.774 bits per heavy atom. The van der Waals surface area contributed by atoms with Crippen LogP contribution in [0.5, 0.6) is 0 Å². The molecule has 7 rings (SSSR count). The molecule has 286 valence electrons. The van der Waals surface area contributed by atoms with E-state index < -0.39 is 17.7 Å². The lowest BCUT2D eigenvalue weighted by atomic mass is 9.81. The van der Waals surface area contributed by atoms with Gasteiger partial charge in [-0.05, 0) is 76.0 Å². The summed E-state index contributed by atoms with van der Waals surface area (Å²) in [5.41, 5.74) is 7.27. The smallest absolute Gasteiger partial charge is 0.337 e. The Labute approximate surface area is 313 Å². The molecule has 2 aromatic heterocycles. The molecule has 3 fully saturated rings. The lowest BCUT2D eigenvalue weighted by molar-refractivity contribution is -0.160. The molecule has 13 heteroatoms. The van der Waals surface area contributed by atoms with Gasteiger partial charge < -0.3 is 38.9 Å². The van der Waals surface area contributed by atoms with E-state index in [-0.39, 0.29) is 5.41 Å². The maximum atomic E-state index is 13.0. The third kappa shape index (κ3) is 8.22. The molecule has 0 spiro atoms. The Kier molecular flexibility index (Phi) is 10.5. The van der Waals surface area contributed by atoms with Gasteiger partial charge in [0.25, 0.3) is 0 Å². The van der Waals surface area contributed by atoms with Gasteiger partial charge in [-0.1, -0.05) is 32.0 Å². The number of aryl methyl sites for hydroxylation is 2. The predicted molar refractivity (Wildman–Crippen MR) is 206 cm³/mol. The van der Waals surface area contributed by atoms with E-state index >= 15 is 0 Å². The Morgan fingerprint density at radius 2 is 1.34 bits per heavy atom. The Hall–Kier alpha value is -4.07. The zero-order valence-corrected chi connectivity index (χ0v) is 32.6. The molecular weight excluding hydrogens is 672 g/mol. The number of nitrogens with zero attached hydrogens (tertiary/aromatic N) is 8. The fourth-order valence-corrected chi connectivity index (χ4v) is 7.93. The molecule has 4 aliphatic rings. The van der Waals surface area contributed by atoms with Crippen LogP contribution in [-0.2, 0) is 32.0 Å². The number of rotatable bonds is 8. The molecule has 3 saturated heterocycles. The number of aliphatic carboxylic acids is 1. The van der Waals surface area contributed by atoms with Crippen LogP contribution in [0, 0.1) is 19.3 Å². The highest BCUT2D eigenvalue weighted by molar-refractivity contribution is 5.88. The van der Waals surface area contributed by atoms with E-state index in [4.69, 9.17) is 34.1 Å². The van der Waals surface area contributed by atoms with Gasteiger partial charge in [0.15, 0.2) is 6.10 Å². The summed E-state index contributed by atoms with van der Waals surface area (Å²) >= 11 is 0. The topological polar surface area (TPSA) is 130 Å². The van der Waals surface area contributed by atoms with Crippen LogP contribution in [0.4, 0.5) is 23.5 Å². The van der Waals surface area contributed by atoms with Gasteiger partial charge in [0, 0.05) is 74.9 Å². The molecule has 6 heterocycles. The van der Waals surface area contributed by atoms with Gasteiger partial charge >= 0.3 is 5.97 Å². The first-order chi connectivity index (χ1) is 25.3. The quantitative estimate of drug-likeness (QED) is 0.320. The van der Waals surface area contributed by atoms with Gasteiger partial charge in [-0.25, -0.2) is 4.79 Å². The van der Waals surface area contributed by atoms with E-state index in [2.05, 4.69) is 51.6 Å². The molecule has 1 aromatic carbocycles. The zero-order chi connectivity index (χ0) is 37.5. The monoisotopic (exact) mass is 728 g/mol. The molecule has 0 bridgehead atoms. The van der Waals surface area contributed by atoms with Gasteiger partial charge in [-0.15, -0.1) is 0 Å². The highest BCUT2D eigenvalue weighted by atomic mass is 16.5. The first kappa shape index (κ1) is 37.3. The zero-order valence-electron chi connectivity index (χ0n) is 32.6. The van der Waals surface area contributed by atoms with Crippen LogP contribution in [0.2, 0.25) is 0 Å². The maximum Gasteiger partial charge on any atom is 0.337 e. The third-order valence-electron chi connectivity index (χ3n) is 10.9. The van der Waals surface area contributed by atoms with Crippen LogP contribution in [0.3, 0.4) is 0 Å². The van der Waals surface area contributed by atoms with E-state index in [0.29, 0.717) is 62.1 Å². The minimum Gasteiger partial charge on any atom is -0.479 e. The van der Waals surface area contributed by atoms with Gasteiger partial charge in [0.05, 0.1) is 37.7 Å². The lowest BCUT2D eigenvalue weighted by Gasteiger charge is -2.41. The van der Waals surface area contributed by atoms with E-state index in [9.17, 15) is 9.90 Å². The van der Waals surface area contributed by atoms with E-state index in [1.54, 1.807) is 0 Å². The number of ether oxygens (including phenoxy) is 3. The summed E-state index contributed by atoms with van der Waals surface area (Å²) in [6.07, 6.45) is 1.70. The third-order valence-corrected chi connectivity index (χ3v) is 10.9. The predicted octanol–water partition coefficient (Wildman–Crippen LogP) is 5.35. The largest absolute Gasteiger partial charge is 0.479 e. The van der Waals surface area contributed by atoms with Crippen molar-refractivity contribution in [3.63, 3.8) is 0 Å². The first-order valence-corrected chi connectivity index (χ1v) is 19.2. The molecule has 0 radical (unpaired) electrons. The van der Waals surface area contributed by atoms with Crippen LogP contribution < -0.4 is 19.6 Å². The molecule has 4 aliphatic heterocycles. The summed E-state index contributed by atoms with van der Waals surface area (Å²) in [6, 6.07) is 6.68. The fourth-order valence-electron chi connectivity index (χ4n) is 7.93. The normalized spacial score (nSPS) is 20.0. The number of fused-ring (bicyclic) bond motifs is 1. The minimum absolute atomic E-state index is 0.226. The number of carboxylic acid groups (broad SMARTS) is 1. The number of carboxylic acids is 1. The molecule has 1 atom stereocenters. The van der Waals surface area contributed by atoms with Crippen molar-refractivity contribution in [1.29, 1.82) is 0 Å². The summed E-state index contributed by atoms with van der Waals surface area (Å²) in [4.78, 5) is 41.9. The Morgan fingerprint density at radius 3 is 1.89 bits per heavy atom. The minimum atomic E-state index is -1.15. The Bertz CT molecular complexity index is 1770. The average Bonchev–Trinajstić information content (AvgIpc) is 3.13. The lowest BCUT2D eigenvalue weighted by Crippen LogP contribution is -2.41. The van der Waals surface area contributed by atoms with Gasteiger partial charge in [0.1, 0.15) is 0 Å². The standard InChI is InChI=1S/C40H56N8O5/c1-26-31(33(45-14-11-40(6,7)12-15-45)32(27(2)41-26)34(35(49)50)53-39(3,4)5)29-8-9-30-25-48(13-10-28(30)24-29)38-43-36(46-16-20-51-21-17-46)42-37(44-38)47-18-22-52-23-19-47/h8-9,24,34H,10-23,25H2,1-7H3,(H,49,50)/t34-/m0/s1. The molecule has 0 saturated carbocycles. The van der Waals surface area contributed by atoms with Gasteiger partial charge in [-0.3, -0.25) is 4.98 Å². The van der Waals surface area contributed by atoms with Gasteiger partial charge in [-0.2, -0.15) is 15.0 Å². The second kappa shape index (κ2) is 15.0. The van der Waals surface area contributed by atoms with Crippen LogP contribution in [0.1, 0.15) is 81.6 Å². The van der Waals surface area contributed by atoms with Crippen molar-refractivity contribution in [3.8, 4) is 11.1 Å². The summed E-state index contributed by atoms with van der Waals surface area (Å²) in [6.45, 7) is 23.0. The van der Waals surface area contributed by atoms with Crippen molar-refractivity contribution in [2.24, 2.45) is 5.41 Å². The number of piperidine rings is 1. The van der Waals surface area contributed by atoms with Crippen LogP contribution in [-0.4, -0.2) is 109 Å². The van der Waals surface area contributed by atoms with Gasteiger partial charge in [0.2, 0.25) is 17.8 Å². The number of morpholine rings is 2.